The van der Waals surface area contributed by atoms with Crippen LogP contribution in [0.1, 0.15) is 13.8 Å². The number of carbonyl (C=O) groups excluding carboxylic acids is 1. The second-order valence-electron chi connectivity index (χ2n) is 3.16. The highest BCUT2D eigenvalue weighted by molar-refractivity contribution is 7.52. The highest BCUT2D eigenvalue weighted by atomic mass is 31.2. The van der Waals surface area contributed by atoms with Crippen LogP contribution in [0, 0.1) is 5.92 Å². The zero-order valence-electron chi connectivity index (χ0n) is 8.98. The minimum atomic E-state index is -2.92. The fourth-order valence-corrected chi connectivity index (χ4v) is 1.25. The van der Waals surface area contributed by atoms with Crippen molar-refractivity contribution in [2.75, 3.05) is 27.0 Å². The zero-order valence-corrected chi connectivity index (χ0v) is 9.87. The lowest BCUT2D eigenvalue weighted by molar-refractivity contribution is -0.142. The molecule has 6 heteroatoms. The van der Waals surface area contributed by atoms with E-state index in [9.17, 15) is 9.36 Å². The molecule has 0 saturated heterocycles. The van der Waals surface area contributed by atoms with Crippen LogP contribution in [0.5, 0.6) is 0 Å². The first kappa shape index (κ1) is 13.6. The summed E-state index contributed by atoms with van der Waals surface area (Å²) in [4.78, 5) is 10.5. The fourth-order valence-electron chi connectivity index (χ4n) is 0.623. The Morgan fingerprint density at radius 2 is 2.00 bits per heavy atom. The first-order chi connectivity index (χ1) is 6.37. The van der Waals surface area contributed by atoms with Crippen molar-refractivity contribution in [1.29, 1.82) is 0 Å². The van der Waals surface area contributed by atoms with Gasteiger partial charge in [0.2, 0.25) is 0 Å². The Labute approximate surface area is 84.3 Å². The van der Waals surface area contributed by atoms with Gasteiger partial charge in [-0.25, -0.2) is 0 Å². The van der Waals surface area contributed by atoms with Crippen LogP contribution in [-0.4, -0.2) is 33.0 Å². The van der Waals surface area contributed by atoms with Crippen molar-refractivity contribution < 1.29 is 23.1 Å². The van der Waals surface area contributed by atoms with Crippen LogP contribution < -0.4 is 0 Å². The largest absolute Gasteiger partial charge is 0.466 e. The van der Waals surface area contributed by atoms with Crippen LogP contribution in [-0.2, 0) is 23.1 Å². The molecule has 0 aromatic heterocycles. The molecule has 0 bridgehead atoms. The molecule has 0 fully saturated rings. The quantitative estimate of drug-likeness (QED) is 0.507. The van der Waals surface area contributed by atoms with Gasteiger partial charge >= 0.3 is 13.6 Å². The maximum Gasteiger partial charge on any atom is 0.327 e. The van der Waals surface area contributed by atoms with Gasteiger partial charge in [0.25, 0.3) is 0 Å². The summed E-state index contributed by atoms with van der Waals surface area (Å²) in [5.74, 6) is -0.328. The third kappa shape index (κ3) is 7.06. The van der Waals surface area contributed by atoms with Gasteiger partial charge in [-0.1, -0.05) is 6.92 Å². The smallest absolute Gasteiger partial charge is 0.327 e. The first-order valence-electron chi connectivity index (χ1n) is 4.28. The minimum Gasteiger partial charge on any atom is -0.466 e. The van der Waals surface area contributed by atoms with Crippen LogP contribution >= 0.6 is 7.60 Å². The Morgan fingerprint density at radius 3 is 2.43 bits per heavy atom. The first-order valence-corrected chi connectivity index (χ1v) is 6.27. The molecule has 0 amide bonds. The summed E-state index contributed by atoms with van der Waals surface area (Å²) in [7, 11) is -1.58. The predicted molar refractivity (Wildman–Crippen MR) is 52.3 cm³/mol. The normalized spacial score (nSPS) is 17.1. The lowest BCUT2D eigenvalue weighted by atomic mass is 10.2. The van der Waals surface area contributed by atoms with Crippen LogP contribution in [0.3, 0.4) is 0 Å². The fraction of sp³-hybridized carbons (Fsp3) is 0.875. The monoisotopic (exact) mass is 224 g/mol. The molecule has 0 spiro atoms. The molecular formula is C8H17O5P. The number of ether oxygens (including phenoxy) is 1. The van der Waals surface area contributed by atoms with Gasteiger partial charge in [-0.15, -0.1) is 0 Å². The maximum atomic E-state index is 11.3. The lowest BCUT2D eigenvalue weighted by Gasteiger charge is -2.15. The van der Waals surface area contributed by atoms with Gasteiger partial charge in [0, 0.05) is 26.6 Å². The highest BCUT2D eigenvalue weighted by Gasteiger charge is 2.16. The topological polar surface area (TPSA) is 61.8 Å². The van der Waals surface area contributed by atoms with Crippen molar-refractivity contribution in [1.82, 2.24) is 0 Å². The Balaban J connectivity index is 3.68. The van der Waals surface area contributed by atoms with E-state index in [1.54, 1.807) is 0 Å². The standard InChI is InChI=1S/C8H17O5P/c1-7(5-12-8(2)9)6-13-14(4,10)11-3/h7H,5-6H2,1-4H3. The summed E-state index contributed by atoms with van der Waals surface area (Å²) >= 11 is 0. The number of esters is 1. The maximum absolute atomic E-state index is 11.3. The molecule has 0 aliphatic heterocycles. The van der Waals surface area contributed by atoms with Gasteiger partial charge in [-0.05, 0) is 0 Å². The minimum absolute atomic E-state index is 0.00215. The van der Waals surface area contributed by atoms with Crippen molar-refractivity contribution in [3.8, 4) is 0 Å². The highest BCUT2D eigenvalue weighted by Crippen LogP contribution is 2.42. The summed E-state index contributed by atoms with van der Waals surface area (Å²) in [6, 6.07) is 0. The van der Waals surface area contributed by atoms with Crippen LogP contribution in [0.15, 0.2) is 0 Å². The van der Waals surface area contributed by atoms with Crippen LogP contribution in [0.4, 0.5) is 0 Å². The Kier molecular flexibility index (Phi) is 6.00. The molecule has 84 valence electrons. The van der Waals surface area contributed by atoms with E-state index in [-0.39, 0.29) is 25.1 Å². The lowest BCUT2D eigenvalue weighted by Crippen LogP contribution is -2.14. The van der Waals surface area contributed by atoms with Gasteiger partial charge in [-0.2, -0.15) is 0 Å². The van der Waals surface area contributed by atoms with E-state index in [1.807, 2.05) is 6.92 Å². The van der Waals surface area contributed by atoms with Gasteiger partial charge < -0.3 is 13.8 Å². The second-order valence-corrected chi connectivity index (χ2v) is 5.32. The van der Waals surface area contributed by atoms with Crippen molar-refractivity contribution in [2.45, 2.75) is 13.8 Å². The van der Waals surface area contributed by atoms with Crippen molar-refractivity contribution in [3.63, 3.8) is 0 Å². The van der Waals surface area contributed by atoms with Gasteiger partial charge in [0.15, 0.2) is 0 Å². The summed E-state index contributed by atoms with van der Waals surface area (Å²) < 4.78 is 25.7. The molecule has 0 aromatic rings. The second kappa shape index (κ2) is 6.17. The third-order valence-corrected chi connectivity index (χ3v) is 2.78. The average molecular weight is 224 g/mol. The Hall–Kier alpha value is -0.380. The van der Waals surface area contributed by atoms with Crippen molar-refractivity contribution >= 4 is 13.6 Å². The number of hydrogen-bond donors (Lipinski definition) is 0. The van der Waals surface area contributed by atoms with E-state index in [1.165, 1.54) is 20.7 Å². The Morgan fingerprint density at radius 1 is 1.43 bits per heavy atom. The van der Waals surface area contributed by atoms with E-state index in [2.05, 4.69) is 4.52 Å². The summed E-state index contributed by atoms with van der Waals surface area (Å²) in [5, 5.41) is 0. The molecule has 0 rings (SSSR count). The zero-order chi connectivity index (χ0) is 11.2. The van der Waals surface area contributed by atoms with Crippen LogP contribution in [0.2, 0.25) is 0 Å². The van der Waals surface area contributed by atoms with Crippen molar-refractivity contribution in [2.24, 2.45) is 5.92 Å². The molecular weight excluding hydrogens is 207 g/mol. The molecule has 0 radical (unpaired) electrons. The third-order valence-electron chi connectivity index (χ3n) is 1.50. The summed E-state index contributed by atoms with van der Waals surface area (Å²) in [6.45, 7) is 5.07. The Bertz CT molecular complexity index is 228. The van der Waals surface area contributed by atoms with Gasteiger partial charge in [0.05, 0.1) is 13.2 Å². The van der Waals surface area contributed by atoms with E-state index in [0.717, 1.165) is 0 Å². The molecule has 5 nitrogen and oxygen atoms in total. The SMILES string of the molecule is COP(C)(=O)OCC(C)COC(C)=O. The molecule has 2 unspecified atom stereocenters. The molecule has 0 aromatic carbocycles. The van der Waals surface area contributed by atoms with Gasteiger partial charge in [-0.3, -0.25) is 9.36 Å². The van der Waals surface area contributed by atoms with Crippen molar-refractivity contribution in [3.05, 3.63) is 0 Å². The van der Waals surface area contributed by atoms with E-state index < -0.39 is 7.60 Å². The van der Waals surface area contributed by atoms with E-state index in [4.69, 9.17) is 9.26 Å². The molecule has 14 heavy (non-hydrogen) atoms. The molecule has 0 N–H and O–H groups in total. The predicted octanol–water partition coefficient (Wildman–Crippen LogP) is 1.67. The molecule has 0 heterocycles. The van der Waals surface area contributed by atoms with Crippen LogP contribution in [0.25, 0.3) is 0 Å². The molecule has 0 aliphatic carbocycles. The molecule has 0 aliphatic rings. The molecule has 0 saturated carbocycles. The number of hydrogen-bond acceptors (Lipinski definition) is 5. The van der Waals surface area contributed by atoms with E-state index >= 15 is 0 Å². The molecule has 2 atom stereocenters. The average Bonchev–Trinajstić information content (AvgIpc) is 2.11. The summed E-state index contributed by atoms with van der Waals surface area (Å²) in [6.07, 6.45) is 0. The number of rotatable bonds is 6. The summed E-state index contributed by atoms with van der Waals surface area (Å²) in [5.41, 5.74) is 0. The van der Waals surface area contributed by atoms with Gasteiger partial charge in [0.1, 0.15) is 0 Å². The number of carbonyl (C=O) groups is 1. The van der Waals surface area contributed by atoms with E-state index in [0.29, 0.717) is 0 Å².